The van der Waals surface area contributed by atoms with Crippen LogP contribution in [0, 0.1) is 0 Å². The lowest BCUT2D eigenvalue weighted by molar-refractivity contribution is -0.274. The van der Waals surface area contributed by atoms with Crippen molar-refractivity contribution in [2.45, 2.75) is 30.1 Å². The van der Waals surface area contributed by atoms with Crippen LogP contribution >= 0.6 is 0 Å². The molecule has 1 heterocycles. The van der Waals surface area contributed by atoms with Crippen LogP contribution in [0.1, 0.15) is 12.8 Å². The maximum Gasteiger partial charge on any atom is 0.573 e. The van der Waals surface area contributed by atoms with Crippen LogP contribution in [0.5, 0.6) is 5.75 Å². The van der Waals surface area contributed by atoms with E-state index in [9.17, 15) is 21.6 Å². The summed E-state index contributed by atoms with van der Waals surface area (Å²) >= 11 is 0. The first-order valence-electron chi connectivity index (χ1n) is 6.35. The van der Waals surface area contributed by atoms with Crippen molar-refractivity contribution in [2.75, 3.05) is 13.1 Å². The fourth-order valence-electron chi connectivity index (χ4n) is 2.06. The molecule has 9 heteroatoms. The van der Waals surface area contributed by atoms with Crippen LogP contribution in [0.2, 0.25) is 0 Å². The molecule has 1 aromatic carbocycles. The van der Waals surface area contributed by atoms with Gasteiger partial charge in [-0.25, -0.2) is 13.1 Å². The molecule has 1 saturated heterocycles. The molecule has 0 radical (unpaired) electrons. The van der Waals surface area contributed by atoms with Gasteiger partial charge in [0.1, 0.15) is 5.75 Å². The molecule has 2 N–H and O–H groups in total. The second kappa shape index (κ2) is 6.20. The van der Waals surface area contributed by atoms with E-state index in [1.807, 2.05) is 0 Å². The molecule has 0 amide bonds. The van der Waals surface area contributed by atoms with Gasteiger partial charge in [0.15, 0.2) is 0 Å². The maximum atomic E-state index is 12.1. The molecule has 118 valence electrons. The molecule has 1 atom stereocenters. The van der Waals surface area contributed by atoms with Gasteiger partial charge in [0, 0.05) is 12.6 Å². The molecule has 0 aliphatic carbocycles. The summed E-state index contributed by atoms with van der Waals surface area (Å²) in [5.74, 6) is -0.458. The van der Waals surface area contributed by atoms with Crippen molar-refractivity contribution in [3.63, 3.8) is 0 Å². The average molecular weight is 324 g/mol. The standard InChI is InChI=1S/C12H15F3N2O3S/c13-12(14,15)20-10-3-5-11(6-4-10)21(18,19)17-9-2-1-7-16-8-9/h3-6,9,16-17H,1-2,7-8H2. The summed E-state index contributed by atoms with van der Waals surface area (Å²) in [7, 11) is -3.75. The number of nitrogens with one attached hydrogen (secondary N) is 2. The highest BCUT2D eigenvalue weighted by Crippen LogP contribution is 2.24. The van der Waals surface area contributed by atoms with E-state index < -0.39 is 22.1 Å². The smallest absolute Gasteiger partial charge is 0.406 e. The van der Waals surface area contributed by atoms with E-state index in [1.165, 1.54) is 0 Å². The van der Waals surface area contributed by atoms with E-state index in [0.717, 1.165) is 43.7 Å². The molecule has 0 aromatic heterocycles. The quantitative estimate of drug-likeness (QED) is 0.883. The largest absolute Gasteiger partial charge is 0.573 e. The molecule has 1 fully saturated rings. The highest BCUT2D eigenvalue weighted by atomic mass is 32.2. The third-order valence-electron chi connectivity index (χ3n) is 2.99. The molecule has 1 aliphatic rings. The van der Waals surface area contributed by atoms with Crippen molar-refractivity contribution in [3.05, 3.63) is 24.3 Å². The predicted molar refractivity (Wildman–Crippen MR) is 69.3 cm³/mol. The molecule has 1 aromatic rings. The Balaban J connectivity index is 2.06. The van der Waals surface area contributed by atoms with Crippen LogP contribution in [-0.2, 0) is 10.0 Å². The number of sulfonamides is 1. The molecular formula is C12H15F3N2O3S. The highest BCUT2D eigenvalue weighted by Gasteiger charge is 2.31. The van der Waals surface area contributed by atoms with Crippen LogP contribution in [0.25, 0.3) is 0 Å². The second-order valence-electron chi connectivity index (χ2n) is 4.68. The Kier molecular flexibility index (Phi) is 4.74. The molecule has 2 rings (SSSR count). The van der Waals surface area contributed by atoms with E-state index in [-0.39, 0.29) is 10.9 Å². The lowest BCUT2D eigenvalue weighted by Crippen LogP contribution is -2.45. The summed E-state index contributed by atoms with van der Waals surface area (Å²) in [6.45, 7) is 1.39. The Bertz CT molecular complexity index is 566. The third-order valence-corrected chi connectivity index (χ3v) is 4.52. The fraction of sp³-hybridized carbons (Fsp3) is 0.500. The normalized spacial score (nSPS) is 20.2. The van der Waals surface area contributed by atoms with Crippen molar-refractivity contribution in [1.29, 1.82) is 0 Å². The number of hydrogen-bond donors (Lipinski definition) is 2. The molecule has 0 saturated carbocycles. The van der Waals surface area contributed by atoms with Gasteiger partial charge >= 0.3 is 6.36 Å². The van der Waals surface area contributed by atoms with Gasteiger partial charge < -0.3 is 10.1 Å². The van der Waals surface area contributed by atoms with Gasteiger partial charge in [-0.2, -0.15) is 0 Å². The summed E-state index contributed by atoms with van der Waals surface area (Å²) in [4.78, 5) is -0.0948. The van der Waals surface area contributed by atoms with Gasteiger partial charge in [0.25, 0.3) is 0 Å². The van der Waals surface area contributed by atoms with Crippen molar-refractivity contribution in [1.82, 2.24) is 10.0 Å². The SMILES string of the molecule is O=S(=O)(NC1CCCNC1)c1ccc(OC(F)(F)F)cc1. The summed E-state index contributed by atoms with van der Waals surface area (Å²) < 4.78 is 66.5. The monoisotopic (exact) mass is 324 g/mol. The Morgan fingerprint density at radius 2 is 1.90 bits per heavy atom. The van der Waals surface area contributed by atoms with Crippen molar-refractivity contribution in [2.24, 2.45) is 0 Å². The topological polar surface area (TPSA) is 67.4 Å². The van der Waals surface area contributed by atoms with E-state index in [2.05, 4.69) is 14.8 Å². The number of rotatable bonds is 4. The maximum absolute atomic E-state index is 12.1. The first-order valence-corrected chi connectivity index (χ1v) is 7.83. The van der Waals surface area contributed by atoms with Gasteiger partial charge in [0.05, 0.1) is 4.90 Å². The number of benzene rings is 1. The average Bonchev–Trinajstić information content (AvgIpc) is 2.38. The highest BCUT2D eigenvalue weighted by molar-refractivity contribution is 7.89. The molecule has 0 bridgehead atoms. The van der Waals surface area contributed by atoms with E-state index in [1.54, 1.807) is 0 Å². The molecule has 21 heavy (non-hydrogen) atoms. The van der Waals surface area contributed by atoms with Crippen molar-refractivity contribution < 1.29 is 26.3 Å². The Morgan fingerprint density at radius 3 is 2.43 bits per heavy atom. The molecule has 1 aliphatic heterocycles. The Morgan fingerprint density at radius 1 is 1.24 bits per heavy atom. The summed E-state index contributed by atoms with van der Waals surface area (Å²) in [5.41, 5.74) is 0. The van der Waals surface area contributed by atoms with E-state index >= 15 is 0 Å². The minimum atomic E-state index is -4.80. The van der Waals surface area contributed by atoms with Crippen LogP contribution < -0.4 is 14.8 Å². The fourth-order valence-corrected chi connectivity index (χ4v) is 3.33. The number of alkyl halides is 3. The first-order chi connectivity index (χ1) is 9.76. The minimum Gasteiger partial charge on any atom is -0.406 e. The van der Waals surface area contributed by atoms with Crippen molar-refractivity contribution >= 4 is 10.0 Å². The molecule has 5 nitrogen and oxygen atoms in total. The molecular weight excluding hydrogens is 309 g/mol. The lowest BCUT2D eigenvalue weighted by atomic mass is 10.1. The number of piperidine rings is 1. The van der Waals surface area contributed by atoms with E-state index in [0.29, 0.717) is 6.54 Å². The second-order valence-corrected chi connectivity index (χ2v) is 6.40. The first kappa shape index (κ1) is 16.1. The van der Waals surface area contributed by atoms with E-state index in [4.69, 9.17) is 0 Å². The van der Waals surface area contributed by atoms with Crippen LogP contribution in [0.3, 0.4) is 0 Å². The summed E-state index contributed by atoms with van der Waals surface area (Å²) in [5, 5.41) is 3.07. The predicted octanol–water partition coefficient (Wildman–Crippen LogP) is 1.62. The number of ether oxygens (including phenoxy) is 1. The van der Waals surface area contributed by atoms with Gasteiger partial charge in [-0.05, 0) is 43.7 Å². The zero-order valence-electron chi connectivity index (χ0n) is 11.0. The summed E-state index contributed by atoms with van der Waals surface area (Å²) in [6.07, 6.45) is -3.21. The Labute approximate surface area is 120 Å². The molecule has 0 spiro atoms. The lowest BCUT2D eigenvalue weighted by Gasteiger charge is -2.23. The van der Waals surface area contributed by atoms with Gasteiger partial charge in [-0.3, -0.25) is 0 Å². The van der Waals surface area contributed by atoms with Crippen LogP contribution in [0.15, 0.2) is 29.2 Å². The number of halogens is 3. The van der Waals surface area contributed by atoms with Gasteiger partial charge in [0.2, 0.25) is 10.0 Å². The van der Waals surface area contributed by atoms with Crippen molar-refractivity contribution in [3.8, 4) is 5.75 Å². The zero-order chi connectivity index (χ0) is 15.5. The Hall–Kier alpha value is -1.32. The van der Waals surface area contributed by atoms with Gasteiger partial charge in [-0.15, -0.1) is 13.2 Å². The van der Waals surface area contributed by atoms with Gasteiger partial charge in [-0.1, -0.05) is 0 Å². The van der Waals surface area contributed by atoms with Crippen LogP contribution in [-0.4, -0.2) is 33.9 Å². The van der Waals surface area contributed by atoms with Crippen LogP contribution in [0.4, 0.5) is 13.2 Å². The summed E-state index contributed by atoms with van der Waals surface area (Å²) in [6, 6.07) is 3.90. The zero-order valence-corrected chi connectivity index (χ0v) is 11.8. The third kappa shape index (κ3) is 4.87. The molecule has 1 unspecified atom stereocenters. The minimum absolute atomic E-state index is 0.0948. The number of hydrogen-bond acceptors (Lipinski definition) is 4.